The molecule has 0 aliphatic rings. The van der Waals surface area contributed by atoms with Crippen molar-refractivity contribution in [1.29, 1.82) is 0 Å². The molecule has 3 N–H and O–H groups in total. The van der Waals surface area contributed by atoms with Crippen molar-refractivity contribution < 1.29 is 4.42 Å². The van der Waals surface area contributed by atoms with E-state index in [1.165, 1.54) is 5.56 Å². The summed E-state index contributed by atoms with van der Waals surface area (Å²) < 4.78 is 5.76. The van der Waals surface area contributed by atoms with Crippen molar-refractivity contribution >= 4 is 16.9 Å². The molecule has 0 saturated carbocycles. The number of aliphatic imine (C=N–C) groups is 1. The molecule has 0 radical (unpaired) electrons. The molecule has 0 amide bonds. The third-order valence-corrected chi connectivity index (χ3v) is 3.68. The second-order valence-corrected chi connectivity index (χ2v) is 5.43. The Morgan fingerprint density at radius 3 is 2.61 bits per heavy atom. The van der Waals surface area contributed by atoms with Crippen LogP contribution in [0.5, 0.6) is 0 Å². The van der Waals surface area contributed by atoms with Gasteiger partial charge in [0.2, 0.25) is 0 Å². The molecule has 0 bridgehead atoms. The number of hydrogen-bond acceptors (Lipinski definition) is 2. The minimum Gasteiger partial charge on any atom is -0.461 e. The largest absolute Gasteiger partial charge is 0.461 e. The maximum absolute atomic E-state index is 5.89. The lowest BCUT2D eigenvalue weighted by Crippen LogP contribution is -2.33. The summed E-state index contributed by atoms with van der Waals surface area (Å²) in [6, 6.07) is 20.4. The fourth-order valence-corrected chi connectivity index (χ4v) is 2.48. The number of nitrogens with two attached hydrogens (primary N) is 1. The number of para-hydroxylation sites is 1. The zero-order valence-electron chi connectivity index (χ0n) is 13.0. The lowest BCUT2D eigenvalue weighted by molar-refractivity contribution is 0.550. The molecule has 1 heterocycles. The number of nitrogens with zero attached hydrogens (tertiary/aromatic N) is 1. The molecule has 1 aromatic heterocycles. The third kappa shape index (κ3) is 4.36. The van der Waals surface area contributed by atoms with Gasteiger partial charge in [0.15, 0.2) is 5.96 Å². The van der Waals surface area contributed by atoms with Crippen LogP contribution in [0.4, 0.5) is 0 Å². The van der Waals surface area contributed by atoms with E-state index in [0.29, 0.717) is 12.5 Å². The average Bonchev–Trinajstić information content (AvgIpc) is 2.98. The summed E-state index contributed by atoms with van der Waals surface area (Å²) in [7, 11) is 0. The van der Waals surface area contributed by atoms with E-state index in [2.05, 4.69) is 28.5 Å². The Hall–Kier alpha value is -2.75. The lowest BCUT2D eigenvalue weighted by Gasteiger charge is -2.05. The Balaban J connectivity index is 1.44. The summed E-state index contributed by atoms with van der Waals surface area (Å²) in [5, 5.41) is 4.27. The van der Waals surface area contributed by atoms with E-state index in [0.717, 1.165) is 36.1 Å². The van der Waals surface area contributed by atoms with Gasteiger partial charge >= 0.3 is 0 Å². The van der Waals surface area contributed by atoms with Crippen LogP contribution in [0.15, 0.2) is 70.1 Å². The van der Waals surface area contributed by atoms with Gasteiger partial charge < -0.3 is 15.5 Å². The molecule has 0 atom stereocenters. The second kappa shape index (κ2) is 7.49. The van der Waals surface area contributed by atoms with Gasteiger partial charge in [-0.05, 0) is 24.1 Å². The van der Waals surface area contributed by atoms with Crippen molar-refractivity contribution in [1.82, 2.24) is 5.32 Å². The number of hydrogen-bond donors (Lipinski definition) is 2. The van der Waals surface area contributed by atoms with Crippen molar-refractivity contribution in [3.05, 3.63) is 72.0 Å². The lowest BCUT2D eigenvalue weighted by atomic mass is 10.1. The highest BCUT2D eigenvalue weighted by Gasteiger charge is 2.02. The number of fused-ring (bicyclic) bond motifs is 1. The van der Waals surface area contributed by atoms with Crippen LogP contribution in [0.2, 0.25) is 0 Å². The maximum atomic E-state index is 5.89. The molecule has 3 rings (SSSR count). The normalized spacial score (nSPS) is 11.7. The summed E-state index contributed by atoms with van der Waals surface area (Å²) in [5.74, 6) is 1.42. The van der Waals surface area contributed by atoms with Crippen LogP contribution in [0.1, 0.15) is 11.3 Å². The number of benzene rings is 2. The molecule has 0 aliphatic carbocycles. The van der Waals surface area contributed by atoms with Gasteiger partial charge in [0.25, 0.3) is 0 Å². The zero-order valence-corrected chi connectivity index (χ0v) is 13.0. The molecule has 23 heavy (non-hydrogen) atoms. The van der Waals surface area contributed by atoms with Gasteiger partial charge in [0.05, 0.1) is 0 Å². The van der Waals surface area contributed by atoms with Crippen LogP contribution in [0.3, 0.4) is 0 Å². The van der Waals surface area contributed by atoms with Crippen LogP contribution in [-0.4, -0.2) is 19.0 Å². The minimum atomic E-state index is 0.483. The second-order valence-electron chi connectivity index (χ2n) is 5.43. The van der Waals surface area contributed by atoms with E-state index in [4.69, 9.17) is 10.2 Å². The number of nitrogens with one attached hydrogen (secondary N) is 1. The molecule has 4 nitrogen and oxygen atoms in total. The molecule has 0 aliphatic heterocycles. The van der Waals surface area contributed by atoms with Gasteiger partial charge in [-0.15, -0.1) is 0 Å². The molecular weight excluding hydrogens is 286 g/mol. The van der Waals surface area contributed by atoms with E-state index in [9.17, 15) is 0 Å². The minimum absolute atomic E-state index is 0.483. The molecule has 2 aromatic carbocycles. The smallest absolute Gasteiger partial charge is 0.188 e. The van der Waals surface area contributed by atoms with Crippen molar-refractivity contribution in [3.63, 3.8) is 0 Å². The predicted octanol–water partition coefficient (Wildman–Crippen LogP) is 3.12. The van der Waals surface area contributed by atoms with Crippen LogP contribution in [0, 0.1) is 0 Å². The Kier molecular flexibility index (Phi) is 4.94. The zero-order chi connectivity index (χ0) is 15.9. The van der Waals surface area contributed by atoms with Crippen LogP contribution >= 0.6 is 0 Å². The van der Waals surface area contributed by atoms with Gasteiger partial charge in [-0.1, -0.05) is 48.5 Å². The van der Waals surface area contributed by atoms with Crippen LogP contribution < -0.4 is 11.1 Å². The topological polar surface area (TPSA) is 63.5 Å². The van der Waals surface area contributed by atoms with Crippen LogP contribution in [0.25, 0.3) is 11.0 Å². The van der Waals surface area contributed by atoms with E-state index in [-0.39, 0.29) is 0 Å². The molecule has 0 unspecified atom stereocenters. The summed E-state index contributed by atoms with van der Waals surface area (Å²) in [6.07, 6.45) is 1.68. The first-order chi connectivity index (χ1) is 11.3. The quantitative estimate of drug-likeness (QED) is 0.543. The highest BCUT2D eigenvalue weighted by atomic mass is 16.3. The molecule has 0 fully saturated rings. The van der Waals surface area contributed by atoms with Crippen molar-refractivity contribution in [3.8, 4) is 0 Å². The van der Waals surface area contributed by atoms with Crippen LogP contribution in [-0.2, 0) is 12.8 Å². The molecule has 4 heteroatoms. The Morgan fingerprint density at radius 2 is 1.78 bits per heavy atom. The average molecular weight is 307 g/mol. The van der Waals surface area contributed by atoms with Gasteiger partial charge in [-0.2, -0.15) is 0 Å². The molecule has 0 saturated heterocycles. The van der Waals surface area contributed by atoms with E-state index >= 15 is 0 Å². The highest BCUT2D eigenvalue weighted by Crippen LogP contribution is 2.18. The third-order valence-electron chi connectivity index (χ3n) is 3.68. The number of guanidine groups is 1. The number of rotatable bonds is 6. The summed E-state index contributed by atoms with van der Waals surface area (Å²) >= 11 is 0. The first-order valence-electron chi connectivity index (χ1n) is 7.86. The monoisotopic (exact) mass is 307 g/mol. The molecular formula is C19H21N3O. The molecule has 0 spiro atoms. The maximum Gasteiger partial charge on any atom is 0.188 e. The Labute approximate surface area is 136 Å². The fourth-order valence-electron chi connectivity index (χ4n) is 2.48. The van der Waals surface area contributed by atoms with Gasteiger partial charge in [-0.3, -0.25) is 4.99 Å². The first kappa shape index (κ1) is 15.2. The standard InChI is InChI=1S/C19H21N3O/c20-19(21-12-10-15-6-2-1-3-7-15)22-13-11-17-14-16-8-4-5-9-18(16)23-17/h1-9,14H,10-13H2,(H3,20,21,22). The Morgan fingerprint density at radius 1 is 1.00 bits per heavy atom. The van der Waals surface area contributed by atoms with E-state index < -0.39 is 0 Å². The molecule has 3 aromatic rings. The van der Waals surface area contributed by atoms with Gasteiger partial charge in [0, 0.05) is 24.9 Å². The van der Waals surface area contributed by atoms with Gasteiger partial charge in [0.1, 0.15) is 11.3 Å². The van der Waals surface area contributed by atoms with Crippen molar-refractivity contribution in [2.45, 2.75) is 12.8 Å². The van der Waals surface area contributed by atoms with Crippen molar-refractivity contribution in [2.75, 3.05) is 13.1 Å². The number of furan rings is 1. The van der Waals surface area contributed by atoms with Crippen molar-refractivity contribution in [2.24, 2.45) is 10.7 Å². The SMILES string of the molecule is NC(=NCCc1cc2ccccc2o1)NCCc1ccccc1. The van der Waals surface area contributed by atoms with E-state index in [1.54, 1.807) is 0 Å². The summed E-state index contributed by atoms with van der Waals surface area (Å²) in [6.45, 7) is 1.40. The predicted molar refractivity (Wildman–Crippen MR) is 94.6 cm³/mol. The molecule has 118 valence electrons. The van der Waals surface area contributed by atoms with Gasteiger partial charge in [-0.25, -0.2) is 0 Å². The summed E-state index contributed by atoms with van der Waals surface area (Å²) in [5.41, 5.74) is 8.09. The fraction of sp³-hybridized carbons (Fsp3) is 0.211. The first-order valence-corrected chi connectivity index (χ1v) is 7.86. The highest BCUT2D eigenvalue weighted by molar-refractivity contribution is 5.78. The Bertz CT molecular complexity index is 744. The van der Waals surface area contributed by atoms with E-state index in [1.807, 2.05) is 42.5 Å². The summed E-state index contributed by atoms with van der Waals surface area (Å²) in [4.78, 5) is 4.34.